The summed E-state index contributed by atoms with van der Waals surface area (Å²) < 4.78 is 4.55. The zero-order chi connectivity index (χ0) is 16.1. The summed E-state index contributed by atoms with van der Waals surface area (Å²) in [6, 6.07) is 10.8. The summed E-state index contributed by atoms with van der Waals surface area (Å²) in [4.78, 5) is 26.6. The van der Waals surface area contributed by atoms with Crippen molar-refractivity contribution < 1.29 is 14.3 Å². The van der Waals surface area contributed by atoms with E-state index >= 15 is 0 Å². The van der Waals surface area contributed by atoms with Crippen LogP contribution in [0.15, 0.2) is 41.8 Å². The largest absolute Gasteiger partial charge is 0.453 e. The van der Waals surface area contributed by atoms with Gasteiger partial charge in [0.25, 0.3) is 5.91 Å². The molecule has 1 heterocycles. The fourth-order valence-electron chi connectivity index (χ4n) is 2.00. The lowest BCUT2D eigenvalue weighted by Crippen LogP contribution is -2.29. The number of nitrogens with one attached hydrogen (secondary N) is 1. The van der Waals surface area contributed by atoms with Crippen molar-refractivity contribution >= 4 is 29.0 Å². The SMILES string of the molecule is COC(=O)Nc1cccc(C(=O)N(C)[C@@H](C)c2cccs2)c1. The predicted molar refractivity (Wildman–Crippen MR) is 87.3 cm³/mol. The van der Waals surface area contributed by atoms with E-state index in [1.165, 1.54) is 7.11 Å². The van der Waals surface area contributed by atoms with E-state index in [0.717, 1.165) is 4.88 Å². The Kier molecular flexibility index (Phi) is 5.16. The number of methoxy groups -OCH3 is 1. The molecule has 0 saturated heterocycles. The molecule has 1 aromatic carbocycles. The normalized spacial score (nSPS) is 11.6. The minimum atomic E-state index is -0.565. The van der Waals surface area contributed by atoms with Crippen LogP contribution in [0.5, 0.6) is 0 Å². The lowest BCUT2D eigenvalue weighted by molar-refractivity contribution is 0.0745. The second-order valence-corrected chi connectivity index (χ2v) is 5.78. The molecule has 116 valence electrons. The van der Waals surface area contributed by atoms with E-state index in [2.05, 4.69) is 10.1 Å². The minimum absolute atomic E-state index is 0.00952. The smallest absolute Gasteiger partial charge is 0.411 e. The monoisotopic (exact) mass is 318 g/mol. The quantitative estimate of drug-likeness (QED) is 0.934. The fourth-order valence-corrected chi connectivity index (χ4v) is 2.82. The molecule has 0 fully saturated rings. The van der Waals surface area contributed by atoms with Crippen LogP contribution in [-0.2, 0) is 4.74 Å². The standard InChI is InChI=1S/C16H18N2O3S/c1-11(14-8-5-9-22-14)18(2)15(19)12-6-4-7-13(10-12)17-16(20)21-3/h4-11H,1-3H3,(H,17,20)/t11-/m0/s1. The number of hydrogen-bond acceptors (Lipinski definition) is 4. The molecule has 5 nitrogen and oxygen atoms in total. The van der Waals surface area contributed by atoms with Gasteiger partial charge in [0, 0.05) is 23.2 Å². The van der Waals surface area contributed by atoms with Crippen LogP contribution in [0.3, 0.4) is 0 Å². The molecule has 2 amide bonds. The zero-order valence-electron chi connectivity index (χ0n) is 12.7. The van der Waals surface area contributed by atoms with Crippen LogP contribution in [0.1, 0.15) is 28.2 Å². The Morgan fingerprint density at radius 1 is 1.27 bits per heavy atom. The molecule has 1 atom stereocenters. The van der Waals surface area contributed by atoms with Crippen LogP contribution in [0.4, 0.5) is 10.5 Å². The summed E-state index contributed by atoms with van der Waals surface area (Å²) >= 11 is 1.62. The summed E-state index contributed by atoms with van der Waals surface area (Å²) in [5, 5.41) is 4.54. The maximum absolute atomic E-state index is 12.6. The molecular weight excluding hydrogens is 300 g/mol. The van der Waals surface area contributed by atoms with Crippen LogP contribution in [0.2, 0.25) is 0 Å². The van der Waals surface area contributed by atoms with Gasteiger partial charge < -0.3 is 9.64 Å². The molecule has 0 spiro atoms. The van der Waals surface area contributed by atoms with Gasteiger partial charge >= 0.3 is 6.09 Å². The summed E-state index contributed by atoms with van der Waals surface area (Å²) in [5.41, 5.74) is 1.04. The van der Waals surface area contributed by atoms with Gasteiger partial charge in [-0.05, 0) is 36.6 Å². The highest BCUT2D eigenvalue weighted by atomic mass is 32.1. The molecule has 1 aromatic heterocycles. The highest BCUT2D eigenvalue weighted by Crippen LogP contribution is 2.25. The van der Waals surface area contributed by atoms with E-state index < -0.39 is 6.09 Å². The molecule has 0 bridgehead atoms. The molecule has 1 N–H and O–H groups in total. The van der Waals surface area contributed by atoms with Crippen LogP contribution < -0.4 is 5.32 Å². The van der Waals surface area contributed by atoms with Gasteiger partial charge in [-0.3, -0.25) is 10.1 Å². The average molecular weight is 318 g/mol. The van der Waals surface area contributed by atoms with Crippen molar-refractivity contribution in [2.75, 3.05) is 19.5 Å². The van der Waals surface area contributed by atoms with E-state index in [1.54, 1.807) is 47.5 Å². The van der Waals surface area contributed by atoms with Crippen molar-refractivity contribution in [3.05, 3.63) is 52.2 Å². The molecule has 0 radical (unpaired) electrons. The van der Waals surface area contributed by atoms with Crippen LogP contribution in [0, 0.1) is 0 Å². The molecule has 0 aliphatic heterocycles. The van der Waals surface area contributed by atoms with E-state index in [-0.39, 0.29) is 11.9 Å². The van der Waals surface area contributed by atoms with Gasteiger partial charge in [0.2, 0.25) is 0 Å². The molecule has 2 rings (SSSR count). The van der Waals surface area contributed by atoms with Crippen LogP contribution >= 0.6 is 11.3 Å². The molecule has 0 aliphatic rings. The van der Waals surface area contributed by atoms with Crippen molar-refractivity contribution in [1.82, 2.24) is 4.90 Å². The Labute approximate surface area is 133 Å². The third-order valence-corrected chi connectivity index (χ3v) is 4.44. The second kappa shape index (κ2) is 7.09. The van der Waals surface area contributed by atoms with Gasteiger partial charge in [-0.15, -0.1) is 11.3 Å². The summed E-state index contributed by atoms with van der Waals surface area (Å²) in [6.07, 6.45) is -0.565. The lowest BCUT2D eigenvalue weighted by Gasteiger charge is -2.24. The molecule has 22 heavy (non-hydrogen) atoms. The predicted octanol–water partition coefficient (Wildman–Crippen LogP) is 3.76. The Bertz CT molecular complexity index is 655. The maximum atomic E-state index is 12.6. The number of rotatable bonds is 4. The van der Waals surface area contributed by atoms with Crippen molar-refractivity contribution in [2.45, 2.75) is 13.0 Å². The summed E-state index contributed by atoms with van der Waals surface area (Å²) in [5.74, 6) is -0.102. The first-order valence-electron chi connectivity index (χ1n) is 6.78. The van der Waals surface area contributed by atoms with Crippen molar-refractivity contribution in [1.29, 1.82) is 0 Å². The lowest BCUT2D eigenvalue weighted by atomic mass is 10.1. The van der Waals surface area contributed by atoms with E-state index in [4.69, 9.17) is 0 Å². The molecular formula is C16H18N2O3S. The van der Waals surface area contributed by atoms with Crippen LogP contribution in [0.25, 0.3) is 0 Å². The van der Waals surface area contributed by atoms with Crippen molar-refractivity contribution in [2.24, 2.45) is 0 Å². The number of nitrogens with zero attached hydrogens (tertiary/aromatic N) is 1. The average Bonchev–Trinajstić information content (AvgIpc) is 3.07. The Morgan fingerprint density at radius 2 is 2.05 bits per heavy atom. The number of benzene rings is 1. The first-order valence-corrected chi connectivity index (χ1v) is 7.66. The second-order valence-electron chi connectivity index (χ2n) is 4.80. The third-order valence-electron chi connectivity index (χ3n) is 3.40. The topological polar surface area (TPSA) is 58.6 Å². The van der Waals surface area contributed by atoms with Gasteiger partial charge in [-0.2, -0.15) is 0 Å². The van der Waals surface area contributed by atoms with Gasteiger partial charge in [-0.25, -0.2) is 4.79 Å². The highest BCUT2D eigenvalue weighted by Gasteiger charge is 2.19. The Balaban J connectivity index is 2.15. The van der Waals surface area contributed by atoms with E-state index in [1.807, 2.05) is 24.4 Å². The fraction of sp³-hybridized carbons (Fsp3) is 0.250. The molecule has 2 aromatic rings. The summed E-state index contributed by atoms with van der Waals surface area (Å²) in [6.45, 7) is 1.99. The van der Waals surface area contributed by atoms with Crippen molar-refractivity contribution in [3.63, 3.8) is 0 Å². The van der Waals surface area contributed by atoms with Gasteiger partial charge in [0.05, 0.1) is 13.2 Å². The Morgan fingerprint density at radius 3 is 2.68 bits per heavy atom. The number of ether oxygens (including phenoxy) is 1. The van der Waals surface area contributed by atoms with E-state index in [9.17, 15) is 9.59 Å². The number of thiophene rings is 1. The number of hydrogen-bond donors (Lipinski definition) is 1. The van der Waals surface area contributed by atoms with Crippen LogP contribution in [-0.4, -0.2) is 31.1 Å². The number of amides is 2. The molecule has 6 heteroatoms. The molecule has 0 unspecified atom stereocenters. The first-order chi connectivity index (χ1) is 10.5. The van der Waals surface area contributed by atoms with Gasteiger partial charge in [-0.1, -0.05) is 12.1 Å². The summed E-state index contributed by atoms with van der Waals surface area (Å²) in [7, 11) is 3.06. The van der Waals surface area contributed by atoms with E-state index in [0.29, 0.717) is 11.3 Å². The minimum Gasteiger partial charge on any atom is -0.453 e. The first kappa shape index (κ1) is 16.0. The number of carbonyl (C=O) groups is 2. The number of anilines is 1. The molecule has 0 saturated carbocycles. The van der Waals surface area contributed by atoms with Gasteiger partial charge in [0.1, 0.15) is 0 Å². The van der Waals surface area contributed by atoms with Crippen molar-refractivity contribution in [3.8, 4) is 0 Å². The highest BCUT2D eigenvalue weighted by molar-refractivity contribution is 7.10. The maximum Gasteiger partial charge on any atom is 0.411 e. The van der Waals surface area contributed by atoms with Gasteiger partial charge in [0.15, 0.2) is 0 Å². The third kappa shape index (κ3) is 3.65. The zero-order valence-corrected chi connectivity index (χ0v) is 13.5. The Hall–Kier alpha value is -2.34. The number of carbonyl (C=O) groups excluding carboxylic acids is 2. The molecule has 0 aliphatic carbocycles.